The smallest absolute Gasteiger partial charge is 0.180 e. The highest BCUT2D eigenvalue weighted by atomic mass is 16.3. The van der Waals surface area contributed by atoms with Gasteiger partial charge in [0.05, 0.1) is 22.1 Å². The second kappa shape index (κ2) is 10.8. The molecule has 5 nitrogen and oxygen atoms in total. The topological polar surface area (TPSA) is 48.8 Å². The van der Waals surface area contributed by atoms with Crippen LogP contribution >= 0.6 is 0 Å². The van der Waals surface area contributed by atoms with Crippen LogP contribution in [0.4, 0.5) is 0 Å². The second-order valence-corrected chi connectivity index (χ2v) is 13.0. The second-order valence-electron chi connectivity index (χ2n) is 13.0. The zero-order chi connectivity index (χ0) is 33.5. The molecule has 238 valence electrons. The van der Waals surface area contributed by atoms with Gasteiger partial charge in [0.1, 0.15) is 23.1 Å². The third kappa shape index (κ3) is 4.09. The fourth-order valence-corrected chi connectivity index (χ4v) is 8.05. The van der Waals surface area contributed by atoms with Gasteiger partial charge in [-0.3, -0.25) is 0 Å². The van der Waals surface area contributed by atoms with E-state index in [1.165, 1.54) is 43.7 Å². The van der Waals surface area contributed by atoms with E-state index >= 15 is 0 Å². The first-order valence-electron chi connectivity index (χ1n) is 17.2. The fourth-order valence-electron chi connectivity index (χ4n) is 8.05. The number of aromatic nitrogens is 4. The molecule has 0 saturated carbocycles. The number of hydrogen-bond acceptors (Lipinski definition) is 3. The van der Waals surface area contributed by atoms with Crippen LogP contribution in [0.15, 0.2) is 175 Å². The largest absolute Gasteiger partial charge is 0.452 e. The normalized spacial score (nSPS) is 11.9. The number of para-hydroxylation sites is 4. The molecule has 0 atom stereocenters. The summed E-state index contributed by atoms with van der Waals surface area (Å²) in [6.07, 6.45) is 1.63. The van der Waals surface area contributed by atoms with Crippen LogP contribution < -0.4 is 0 Å². The Morgan fingerprint density at radius 2 is 1.10 bits per heavy atom. The Kier molecular flexibility index (Phi) is 5.89. The molecule has 0 N–H and O–H groups in total. The predicted octanol–water partition coefficient (Wildman–Crippen LogP) is 11.9. The van der Waals surface area contributed by atoms with Crippen LogP contribution in [0.2, 0.25) is 0 Å². The van der Waals surface area contributed by atoms with Crippen LogP contribution in [0.25, 0.3) is 99.4 Å². The van der Waals surface area contributed by atoms with Gasteiger partial charge in [-0.15, -0.1) is 0 Å². The molecule has 0 spiro atoms. The number of benzene rings is 7. The van der Waals surface area contributed by atoms with Crippen molar-refractivity contribution in [1.29, 1.82) is 0 Å². The summed E-state index contributed by atoms with van der Waals surface area (Å²) in [5.41, 5.74) is 13.4. The number of rotatable bonds is 4. The summed E-state index contributed by atoms with van der Waals surface area (Å²) in [5.74, 6) is 0. The minimum atomic E-state index is 0.698. The summed E-state index contributed by atoms with van der Waals surface area (Å²) in [6, 6.07) is 58.2. The molecule has 0 unspecified atom stereocenters. The molecule has 0 aliphatic carbocycles. The minimum absolute atomic E-state index is 0.698. The molecule has 0 saturated heterocycles. The molecule has 7 aromatic carbocycles. The molecule has 0 aliphatic rings. The summed E-state index contributed by atoms with van der Waals surface area (Å²) in [7, 11) is 0. The van der Waals surface area contributed by atoms with Crippen molar-refractivity contribution >= 4 is 65.7 Å². The number of hydrogen-bond donors (Lipinski definition) is 0. The zero-order valence-electron chi connectivity index (χ0n) is 27.4. The van der Waals surface area contributed by atoms with Gasteiger partial charge in [-0.25, -0.2) is 9.97 Å². The number of nitrogens with zero attached hydrogens (tertiary/aromatic N) is 4. The maximum atomic E-state index is 6.33. The molecule has 0 bridgehead atoms. The SMILES string of the molecule is c1ccc(-n2c3ccccc3c3ccc(-c4cccc5c4c4ccccc4n5-c4cccc(-c5ncnc6c5oc5ccccc56)c4)cc32)cc1. The van der Waals surface area contributed by atoms with E-state index in [1.54, 1.807) is 6.33 Å². The molecule has 0 fully saturated rings. The van der Waals surface area contributed by atoms with Crippen molar-refractivity contribution in [3.63, 3.8) is 0 Å². The van der Waals surface area contributed by atoms with Gasteiger partial charge in [0.15, 0.2) is 5.58 Å². The van der Waals surface area contributed by atoms with Crippen molar-refractivity contribution < 1.29 is 4.42 Å². The quantitative estimate of drug-likeness (QED) is 0.190. The molecule has 51 heavy (non-hydrogen) atoms. The highest BCUT2D eigenvalue weighted by Crippen LogP contribution is 2.42. The maximum Gasteiger partial charge on any atom is 0.180 e. The summed E-state index contributed by atoms with van der Waals surface area (Å²) >= 11 is 0. The first kappa shape index (κ1) is 27.9. The first-order valence-corrected chi connectivity index (χ1v) is 17.2. The fraction of sp³-hybridized carbons (Fsp3) is 0. The minimum Gasteiger partial charge on any atom is -0.452 e. The van der Waals surface area contributed by atoms with Gasteiger partial charge in [-0.05, 0) is 71.8 Å². The van der Waals surface area contributed by atoms with Crippen molar-refractivity contribution in [3.05, 3.63) is 170 Å². The molecule has 4 aromatic heterocycles. The summed E-state index contributed by atoms with van der Waals surface area (Å²) in [6.45, 7) is 0. The van der Waals surface area contributed by atoms with Crippen LogP contribution in [0.5, 0.6) is 0 Å². The lowest BCUT2D eigenvalue weighted by Gasteiger charge is -2.11. The summed E-state index contributed by atoms with van der Waals surface area (Å²) in [5, 5.41) is 5.92. The lowest BCUT2D eigenvalue weighted by molar-refractivity contribution is 0.667. The van der Waals surface area contributed by atoms with Crippen molar-refractivity contribution in [2.45, 2.75) is 0 Å². The Morgan fingerprint density at radius 1 is 0.431 bits per heavy atom. The Morgan fingerprint density at radius 3 is 1.98 bits per heavy atom. The van der Waals surface area contributed by atoms with E-state index in [2.05, 4.69) is 154 Å². The zero-order valence-corrected chi connectivity index (χ0v) is 27.4. The highest BCUT2D eigenvalue weighted by molar-refractivity contribution is 6.17. The van der Waals surface area contributed by atoms with Gasteiger partial charge in [0.25, 0.3) is 0 Å². The molecular weight excluding hydrogens is 625 g/mol. The third-order valence-electron chi connectivity index (χ3n) is 10.2. The molecule has 0 amide bonds. The van der Waals surface area contributed by atoms with Crippen molar-refractivity contribution in [2.24, 2.45) is 0 Å². The van der Waals surface area contributed by atoms with E-state index < -0.39 is 0 Å². The number of furan rings is 1. The maximum absolute atomic E-state index is 6.33. The van der Waals surface area contributed by atoms with E-state index in [1.807, 2.05) is 24.3 Å². The van der Waals surface area contributed by atoms with Crippen LogP contribution in [0, 0.1) is 0 Å². The predicted molar refractivity (Wildman–Crippen MR) is 209 cm³/mol. The van der Waals surface area contributed by atoms with E-state index in [0.29, 0.717) is 5.58 Å². The van der Waals surface area contributed by atoms with Gasteiger partial charge < -0.3 is 13.6 Å². The van der Waals surface area contributed by atoms with Gasteiger partial charge >= 0.3 is 0 Å². The molecule has 11 aromatic rings. The molecule has 0 aliphatic heterocycles. The lowest BCUT2D eigenvalue weighted by Crippen LogP contribution is -1.95. The van der Waals surface area contributed by atoms with Crippen LogP contribution in [-0.2, 0) is 0 Å². The van der Waals surface area contributed by atoms with Crippen molar-refractivity contribution in [1.82, 2.24) is 19.1 Å². The summed E-state index contributed by atoms with van der Waals surface area (Å²) in [4.78, 5) is 9.32. The van der Waals surface area contributed by atoms with E-state index in [9.17, 15) is 0 Å². The monoisotopic (exact) mass is 652 g/mol. The van der Waals surface area contributed by atoms with Gasteiger partial charge in [0.2, 0.25) is 0 Å². The third-order valence-corrected chi connectivity index (χ3v) is 10.2. The van der Waals surface area contributed by atoms with E-state index in [4.69, 9.17) is 9.40 Å². The van der Waals surface area contributed by atoms with Crippen molar-refractivity contribution in [2.75, 3.05) is 0 Å². The van der Waals surface area contributed by atoms with Crippen LogP contribution in [0.3, 0.4) is 0 Å². The summed E-state index contributed by atoms with van der Waals surface area (Å²) < 4.78 is 11.1. The van der Waals surface area contributed by atoms with Gasteiger partial charge in [-0.1, -0.05) is 103 Å². The molecule has 0 radical (unpaired) electrons. The Bertz CT molecular complexity index is 3150. The molecule has 4 heterocycles. The average Bonchev–Trinajstić information content (AvgIpc) is 3.86. The van der Waals surface area contributed by atoms with Gasteiger partial charge in [0, 0.05) is 43.9 Å². The van der Waals surface area contributed by atoms with E-state index in [0.717, 1.165) is 50.2 Å². The number of fused-ring (bicyclic) bond motifs is 9. The van der Waals surface area contributed by atoms with Crippen LogP contribution in [-0.4, -0.2) is 19.1 Å². The lowest BCUT2D eigenvalue weighted by atomic mass is 9.98. The Balaban J connectivity index is 1.13. The first-order chi connectivity index (χ1) is 25.3. The van der Waals surface area contributed by atoms with Crippen LogP contribution in [0.1, 0.15) is 0 Å². The molecular formula is C46H28N4O. The van der Waals surface area contributed by atoms with E-state index in [-0.39, 0.29) is 0 Å². The highest BCUT2D eigenvalue weighted by Gasteiger charge is 2.20. The standard InChI is InChI=1S/C46H28N4O/c1-2-13-31(14-3-1)49-38-20-7-4-16-34(38)35-25-24-29(27-41(35)49)33-19-11-22-40-43(33)36-17-5-8-21-39(36)50(40)32-15-10-12-30(26-32)44-46-45(48-28-47-44)37-18-6-9-23-42(37)51-46/h1-28H. The molecule has 5 heteroatoms. The average molecular weight is 653 g/mol. The Labute approximate surface area is 292 Å². The molecule has 11 rings (SSSR count). The van der Waals surface area contributed by atoms with Gasteiger partial charge in [-0.2, -0.15) is 0 Å². The Hall–Kier alpha value is -6.98. The van der Waals surface area contributed by atoms with Crippen molar-refractivity contribution in [3.8, 4) is 33.8 Å².